The Bertz CT molecular complexity index is 766. The molecule has 1 atom stereocenters. The molecule has 0 spiro atoms. The lowest BCUT2D eigenvalue weighted by molar-refractivity contribution is -0.120. The van der Waals surface area contributed by atoms with Gasteiger partial charge in [-0.1, -0.05) is 11.6 Å². The van der Waals surface area contributed by atoms with Gasteiger partial charge in [0.05, 0.1) is 29.4 Å². The summed E-state index contributed by atoms with van der Waals surface area (Å²) in [6, 6.07) is 4.54. The quantitative estimate of drug-likeness (QED) is 0.780. The number of amides is 1. The summed E-state index contributed by atoms with van der Waals surface area (Å²) < 4.78 is 29.6. The van der Waals surface area contributed by atoms with Gasteiger partial charge in [0.15, 0.2) is 0 Å². The third kappa shape index (κ3) is 5.17. The highest BCUT2D eigenvalue weighted by Gasteiger charge is 2.30. The number of carbonyl (C=O) groups is 2. The lowest BCUT2D eigenvalue weighted by atomic mass is 9.98. The lowest BCUT2D eigenvalue weighted by Crippen LogP contribution is -2.43. The van der Waals surface area contributed by atoms with Gasteiger partial charge in [-0.05, 0) is 38.0 Å². The molecule has 9 heteroatoms. The Morgan fingerprint density at radius 1 is 1.40 bits per heavy atom. The predicted octanol–water partition coefficient (Wildman–Crippen LogP) is 2.13. The van der Waals surface area contributed by atoms with Crippen molar-refractivity contribution < 1.29 is 22.7 Å². The van der Waals surface area contributed by atoms with E-state index in [1.54, 1.807) is 13.0 Å². The Kier molecular flexibility index (Phi) is 6.42. The molecule has 2 rings (SSSR count). The Morgan fingerprint density at radius 2 is 2.12 bits per heavy atom. The van der Waals surface area contributed by atoms with Gasteiger partial charge in [0.1, 0.15) is 0 Å². The van der Waals surface area contributed by atoms with Gasteiger partial charge in [-0.15, -0.1) is 0 Å². The number of benzene rings is 1. The van der Waals surface area contributed by atoms with Crippen molar-refractivity contribution in [1.29, 1.82) is 0 Å². The van der Waals surface area contributed by atoms with Crippen LogP contribution in [0.1, 0.15) is 30.1 Å². The third-order valence-electron chi connectivity index (χ3n) is 3.95. The van der Waals surface area contributed by atoms with Crippen molar-refractivity contribution in [2.75, 3.05) is 31.3 Å². The highest BCUT2D eigenvalue weighted by atomic mass is 35.5. The topological polar surface area (TPSA) is 92.8 Å². The highest BCUT2D eigenvalue weighted by Crippen LogP contribution is 2.24. The summed E-state index contributed by atoms with van der Waals surface area (Å²) in [5.74, 6) is -1.29. The first-order valence-corrected chi connectivity index (χ1v) is 10.2. The summed E-state index contributed by atoms with van der Waals surface area (Å²) in [6.07, 6.45) is 2.37. The van der Waals surface area contributed by atoms with Crippen LogP contribution in [0, 0.1) is 5.92 Å². The van der Waals surface area contributed by atoms with Crippen molar-refractivity contribution in [3.8, 4) is 0 Å². The summed E-state index contributed by atoms with van der Waals surface area (Å²) in [4.78, 5) is 24.3. The lowest BCUT2D eigenvalue weighted by Gasteiger charge is -2.30. The van der Waals surface area contributed by atoms with E-state index >= 15 is 0 Å². The van der Waals surface area contributed by atoms with Gasteiger partial charge in [0, 0.05) is 18.8 Å². The number of sulfonamides is 1. The summed E-state index contributed by atoms with van der Waals surface area (Å²) in [5, 5.41) is 2.96. The fraction of sp³-hybridized carbons (Fsp3) is 0.500. The highest BCUT2D eigenvalue weighted by molar-refractivity contribution is 7.88. The molecule has 0 saturated carbocycles. The zero-order valence-corrected chi connectivity index (χ0v) is 15.7. The molecule has 1 aromatic carbocycles. The van der Waals surface area contributed by atoms with Crippen LogP contribution in [0.3, 0.4) is 0 Å². The molecule has 1 aliphatic rings. The van der Waals surface area contributed by atoms with E-state index in [9.17, 15) is 18.0 Å². The van der Waals surface area contributed by atoms with Crippen molar-refractivity contribution in [2.24, 2.45) is 5.92 Å². The Morgan fingerprint density at radius 3 is 2.76 bits per heavy atom. The number of hydrogen-bond acceptors (Lipinski definition) is 5. The molecular weight excluding hydrogens is 368 g/mol. The predicted molar refractivity (Wildman–Crippen MR) is 95.2 cm³/mol. The maximum Gasteiger partial charge on any atom is 0.339 e. The van der Waals surface area contributed by atoms with Crippen LogP contribution in [-0.2, 0) is 19.6 Å². The van der Waals surface area contributed by atoms with Gasteiger partial charge >= 0.3 is 5.97 Å². The second-order valence-electron chi connectivity index (χ2n) is 5.86. The first-order valence-electron chi connectivity index (χ1n) is 7.95. The second-order valence-corrected chi connectivity index (χ2v) is 8.25. The Balaban J connectivity index is 2.10. The van der Waals surface area contributed by atoms with E-state index < -0.39 is 21.9 Å². The fourth-order valence-corrected chi connectivity index (χ4v) is 3.78. The van der Waals surface area contributed by atoms with Crippen LogP contribution in [0.4, 0.5) is 5.69 Å². The summed E-state index contributed by atoms with van der Waals surface area (Å²) in [7, 11) is -3.32. The zero-order chi connectivity index (χ0) is 18.6. The smallest absolute Gasteiger partial charge is 0.339 e. The first-order chi connectivity index (χ1) is 11.7. The van der Waals surface area contributed by atoms with Crippen LogP contribution in [0.5, 0.6) is 0 Å². The first kappa shape index (κ1) is 19.7. The van der Waals surface area contributed by atoms with E-state index in [0.717, 1.165) is 6.26 Å². The van der Waals surface area contributed by atoms with Crippen molar-refractivity contribution in [2.45, 2.75) is 19.8 Å². The summed E-state index contributed by atoms with van der Waals surface area (Å²) >= 11 is 5.99. The average Bonchev–Trinajstić information content (AvgIpc) is 2.56. The molecule has 1 amide bonds. The van der Waals surface area contributed by atoms with E-state index in [1.807, 2.05) is 0 Å². The molecule has 0 radical (unpaired) electrons. The number of ether oxygens (including phenoxy) is 1. The van der Waals surface area contributed by atoms with E-state index in [2.05, 4.69) is 5.32 Å². The molecule has 0 unspecified atom stereocenters. The summed E-state index contributed by atoms with van der Waals surface area (Å²) in [6.45, 7) is 2.49. The SMILES string of the molecule is CCOC(=O)c1cc(NC(=O)[C@@H]2CCCN(S(C)(=O)=O)C2)ccc1Cl. The van der Waals surface area contributed by atoms with E-state index in [-0.39, 0.29) is 29.6 Å². The number of esters is 1. The standard InChI is InChI=1S/C16H21ClN2O5S/c1-3-24-16(21)13-9-12(6-7-14(13)17)18-15(20)11-5-4-8-19(10-11)25(2,22)23/h6-7,9,11H,3-5,8,10H2,1-2H3,(H,18,20)/t11-/m1/s1. The van der Waals surface area contributed by atoms with Gasteiger partial charge in [-0.25, -0.2) is 17.5 Å². The normalized spacial score (nSPS) is 18.6. The van der Waals surface area contributed by atoms with Crippen molar-refractivity contribution in [1.82, 2.24) is 4.31 Å². The maximum absolute atomic E-state index is 12.5. The number of carbonyl (C=O) groups excluding carboxylic acids is 2. The maximum atomic E-state index is 12.5. The van der Waals surface area contributed by atoms with Crippen LogP contribution < -0.4 is 5.32 Å². The molecule has 0 bridgehead atoms. The van der Waals surface area contributed by atoms with Gasteiger partial charge in [0.25, 0.3) is 0 Å². The van der Waals surface area contributed by atoms with Crippen LogP contribution in [-0.4, -0.2) is 50.6 Å². The van der Waals surface area contributed by atoms with Crippen molar-refractivity contribution in [3.63, 3.8) is 0 Å². The number of halogens is 1. The second kappa shape index (κ2) is 8.16. The average molecular weight is 389 g/mol. The van der Waals surface area contributed by atoms with Crippen LogP contribution in [0.25, 0.3) is 0 Å². The van der Waals surface area contributed by atoms with Crippen molar-refractivity contribution >= 4 is 39.2 Å². The van der Waals surface area contributed by atoms with Gasteiger partial charge in [-0.3, -0.25) is 4.79 Å². The molecule has 0 aromatic heterocycles. The molecule has 1 heterocycles. The van der Waals surface area contributed by atoms with E-state index in [1.165, 1.54) is 16.4 Å². The number of hydrogen-bond donors (Lipinski definition) is 1. The minimum atomic E-state index is -3.32. The van der Waals surface area contributed by atoms with Gasteiger partial charge in [-0.2, -0.15) is 0 Å². The molecule has 25 heavy (non-hydrogen) atoms. The van der Waals surface area contributed by atoms with Crippen LogP contribution in [0.15, 0.2) is 18.2 Å². The Labute approximate surface area is 152 Å². The van der Waals surface area contributed by atoms with E-state index in [0.29, 0.717) is 25.1 Å². The minimum absolute atomic E-state index is 0.156. The number of anilines is 1. The van der Waals surface area contributed by atoms with Gasteiger partial charge < -0.3 is 10.1 Å². The van der Waals surface area contributed by atoms with Crippen LogP contribution >= 0.6 is 11.6 Å². The number of rotatable bonds is 5. The molecule has 1 saturated heterocycles. The number of nitrogens with zero attached hydrogens (tertiary/aromatic N) is 1. The summed E-state index contributed by atoms with van der Waals surface area (Å²) in [5.41, 5.74) is 0.580. The molecular formula is C16H21ClN2O5S. The molecule has 1 fully saturated rings. The fourth-order valence-electron chi connectivity index (χ4n) is 2.67. The molecule has 1 aromatic rings. The minimum Gasteiger partial charge on any atom is -0.462 e. The molecule has 7 nitrogen and oxygen atoms in total. The largest absolute Gasteiger partial charge is 0.462 e. The molecule has 0 aliphatic carbocycles. The third-order valence-corrected chi connectivity index (χ3v) is 5.55. The molecule has 1 N–H and O–H groups in total. The number of piperidine rings is 1. The Hall–Kier alpha value is -1.64. The molecule has 138 valence electrons. The van der Waals surface area contributed by atoms with Crippen molar-refractivity contribution in [3.05, 3.63) is 28.8 Å². The van der Waals surface area contributed by atoms with Gasteiger partial charge in [0.2, 0.25) is 15.9 Å². The monoisotopic (exact) mass is 388 g/mol. The zero-order valence-electron chi connectivity index (χ0n) is 14.1. The van der Waals surface area contributed by atoms with Crippen LogP contribution in [0.2, 0.25) is 5.02 Å². The molecule has 1 aliphatic heterocycles. The van der Waals surface area contributed by atoms with E-state index in [4.69, 9.17) is 16.3 Å². The number of nitrogens with one attached hydrogen (secondary N) is 1.